The van der Waals surface area contributed by atoms with Crippen molar-refractivity contribution >= 4 is 21.6 Å². The molecule has 0 saturated carbocycles. The average Bonchev–Trinajstić information content (AvgIpc) is 2.40. The van der Waals surface area contributed by atoms with Crippen LogP contribution < -0.4 is 0 Å². The highest BCUT2D eigenvalue weighted by molar-refractivity contribution is 7.89. The molecule has 0 unspecified atom stereocenters. The van der Waals surface area contributed by atoms with Crippen molar-refractivity contribution in [1.82, 2.24) is 9.21 Å². The van der Waals surface area contributed by atoms with E-state index in [1.165, 1.54) is 4.31 Å². The Morgan fingerprint density at radius 3 is 2.42 bits per heavy atom. The van der Waals surface area contributed by atoms with Crippen LogP contribution in [0.5, 0.6) is 0 Å². The second-order valence-electron chi connectivity index (χ2n) is 4.42. The van der Waals surface area contributed by atoms with Crippen molar-refractivity contribution in [1.29, 1.82) is 0 Å². The van der Waals surface area contributed by atoms with Crippen LogP contribution in [0.3, 0.4) is 0 Å². The monoisotopic (exact) mass is 300 g/mol. The van der Waals surface area contributed by atoms with Crippen molar-refractivity contribution in [2.45, 2.75) is 4.90 Å². The van der Waals surface area contributed by atoms with Crippen LogP contribution >= 0.6 is 11.6 Å². The maximum atomic E-state index is 12.5. The number of halogens is 1. The minimum absolute atomic E-state index is 0.189. The van der Waals surface area contributed by atoms with Gasteiger partial charge in [-0.1, -0.05) is 29.8 Å². The number of sulfonamides is 1. The van der Waals surface area contributed by atoms with E-state index in [-0.39, 0.29) is 9.92 Å². The van der Waals surface area contributed by atoms with Gasteiger partial charge in [0.2, 0.25) is 10.0 Å². The fraction of sp³-hybridized carbons (Fsp3) is 0.385. The molecule has 4 nitrogen and oxygen atoms in total. The van der Waals surface area contributed by atoms with E-state index in [1.807, 2.05) is 6.08 Å². The second-order valence-corrected chi connectivity index (χ2v) is 6.74. The van der Waals surface area contributed by atoms with Gasteiger partial charge in [-0.15, -0.1) is 6.58 Å². The molecule has 0 amide bonds. The van der Waals surface area contributed by atoms with Crippen LogP contribution in [0.4, 0.5) is 0 Å². The molecule has 1 fully saturated rings. The molecule has 2 rings (SSSR count). The summed E-state index contributed by atoms with van der Waals surface area (Å²) >= 11 is 5.98. The molecule has 104 valence electrons. The number of hydrogen-bond acceptors (Lipinski definition) is 3. The van der Waals surface area contributed by atoms with Gasteiger partial charge in [0.1, 0.15) is 4.90 Å². The lowest BCUT2D eigenvalue weighted by atomic mass is 10.3. The molecule has 1 aliphatic heterocycles. The molecule has 1 aromatic carbocycles. The van der Waals surface area contributed by atoms with Crippen molar-refractivity contribution in [2.75, 3.05) is 32.7 Å². The summed E-state index contributed by atoms with van der Waals surface area (Å²) in [6.07, 6.45) is 1.83. The summed E-state index contributed by atoms with van der Waals surface area (Å²) in [6, 6.07) is 6.56. The molecule has 19 heavy (non-hydrogen) atoms. The van der Waals surface area contributed by atoms with Crippen molar-refractivity contribution < 1.29 is 8.42 Å². The van der Waals surface area contributed by atoms with E-state index in [9.17, 15) is 8.42 Å². The number of rotatable bonds is 4. The fourth-order valence-electron chi connectivity index (χ4n) is 2.13. The van der Waals surface area contributed by atoms with Crippen LogP contribution in [-0.2, 0) is 10.0 Å². The Balaban J connectivity index is 2.14. The van der Waals surface area contributed by atoms with Crippen molar-refractivity contribution in [3.8, 4) is 0 Å². The molecule has 0 aromatic heterocycles. The van der Waals surface area contributed by atoms with E-state index in [2.05, 4.69) is 11.5 Å². The number of hydrogen-bond donors (Lipinski definition) is 0. The minimum Gasteiger partial charge on any atom is -0.297 e. The summed E-state index contributed by atoms with van der Waals surface area (Å²) in [5.41, 5.74) is 0. The third kappa shape index (κ3) is 3.17. The summed E-state index contributed by atoms with van der Waals surface area (Å²) in [5.74, 6) is 0. The molecule has 6 heteroatoms. The van der Waals surface area contributed by atoms with Gasteiger partial charge in [0.15, 0.2) is 0 Å². The summed E-state index contributed by atoms with van der Waals surface area (Å²) in [6.45, 7) is 6.89. The van der Waals surface area contributed by atoms with Gasteiger partial charge >= 0.3 is 0 Å². The van der Waals surface area contributed by atoms with Crippen molar-refractivity contribution in [2.24, 2.45) is 0 Å². The van der Waals surface area contributed by atoms with Gasteiger partial charge in [-0.2, -0.15) is 4.31 Å². The number of benzene rings is 1. The number of nitrogens with zero attached hydrogens (tertiary/aromatic N) is 2. The summed E-state index contributed by atoms with van der Waals surface area (Å²) in [5, 5.41) is 0.274. The fourth-order valence-corrected chi connectivity index (χ4v) is 4.04. The third-order valence-electron chi connectivity index (χ3n) is 3.17. The van der Waals surface area contributed by atoms with Gasteiger partial charge in [0.05, 0.1) is 5.02 Å². The van der Waals surface area contributed by atoms with Crippen LogP contribution in [0.15, 0.2) is 41.8 Å². The SMILES string of the molecule is C=CCN1CCN(S(=O)(=O)c2ccccc2Cl)CC1. The van der Waals surface area contributed by atoms with Crippen LogP contribution in [0.1, 0.15) is 0 Å². The quantitative estimate of drug-likeness (QED) is 0.797. The Hall–Kier alpha value is -0.880. The lowest BCUT2D eigenvalue weighted by Crippen LogP contribution is -2.48. The first-order valence-electron chi connectivity index (χ1n) is 6.13. The molecule has 1 saturated heterocycles. The van der Waals surface area contributed by atoms with Gasteiger partial charge in [0, 0.05) is 32.7 Å². The van der Waals surface area contributed by atoms with Crippen LogP contribution in [0, 0.1) is 0 Å². The molecular formula is C13H17ClN2O2S. The molecule has 0 bridgehead atoms. The molecular weight excluding hydrogens is 284 g/mol. The first-order chi connectivity index (χ1) is 9.05. The van der Waals surface area contributed by atoms with Gasteiger partial charge in [-0.25, -0.2) is 8.42 Å². The van der Waals surface area contributed by atoms with Crippen molar-refractivity contribution in [3.05, 3.63) is 41.9 Å². The maximum absolute atomic E-state index is 12.5. The van der Waals surface area contributed by atoms with Gasteiger partial charge in [-0.3, -0.25) is 4.90 Å². The van der Waals surface area contributed by atoms with E-state index >= 15 is 0 Å². The van der Waals surface area contributed by atoms with Gasteiger partial charge in [-0.05, 0) is 12.1 Å². The highest BCUT2D eigenvalue weighted by Crippen LogP contribution is 2.24. The topological polar surface area (TPSA) is 40.6 Å². The molecule has 1 heterocycles. The number of piperazine rings is 1. The average molecular weight is 301 g/mol. The van der Waals surface area contributed by atoms with E-state index in [1.54, 1.807) is 24.3 Å². The predicted molar refractivity (Wildman–Crippen MR) is 76.8 cm³/mol. The molecule has 1 aliphatic rings. The lowest BCUT2D eigenvalue weighted by Gasteiger charge is -2.33. The van der Waals surface area contributed by atoms with E-state index in [4.69, 9.17) is 11.6 Å². The smallest absolute Gasteiger partial charge is 0.244 e. The summed E-state index contributed by atoms with van der Waals surface area (Å²) in [4.78, 5) is 2.36. The van der Waals surface area contributed by atoms with Gasteiger partial charge in [0.25, 0.3) is 0 Å². The highest BCUT2D eigenvalue weighted by Gasteiger charge is 2.29. The van der Waals surface area contributed by atoms with Crippen LogP contribution in [0.25, 0.3) is 0 Å². The largest absolute Gasteiger partial charge is 0.297 e. The zero-order valence-electron chi connectivity index (χ0n) is 10.6. The van der Waals surface area contributed by atoms with E-state index in [0.29, 0.717) is 13.1 Å². The van der Waals surface area contributed by atoms with Crippen LogP contribution in [0.2, 0.25) is 5.02 Å². The van der Waals surface area contributed by atoms with Crippen molar-refractivity contribution in [3.63, 3.8) is 0 Å². The van der Waals surface area contributed by atoms with Crippen LogP contribution in [-0.4, -0.2) is 50.3 Å². The van der Waals surface area contributed by atoms with Gasteiger partial charge < -0.3 is 0 Å². The first-order valence-corrected chi connectivity index (χ1v) is 7.95. The highest BCUT2D eigenvalue weighted by atomic mass is 35.5. The summed E-state index contributed by atoms with van der Waals surface area (Å²) in [7, 11) is -3.48. The zero-order chi connectivity index (χ0) is 13.9. The lowest BCUT2D eigenvalue weighted by molar-refractivity contribution is 0.204. The van der Waals surface area contributed by atoms with E-state index < -0.39 is 10.0 Å². The zero-order valence-corrected chi connectivity index (χ0v) is 12.2. The Morgan fingerprint density at radius 1 is 1.21 bits per heavy atom. The third-order valence-corrected chi connectivity index (χ3v) is 5.57. The maximum Gasteiger partial charge on any atom is 0.244 e. The first kappa shape index (κ1) is 14.5. The molecule has 1 aromatic rings. The Bertz CT molecular complexity index is 552. The predicted octanol–water partition coefficient (Wildman–Crippen LogP) is 1.83. The Morgan fingerprint density at radius 2 is 1.84 bits per heavy atom. The summed E-state index contributed by atoms with van der Waals surface area (Å²) < 4.78 is 26.4. The Labute approximate surface area is 119 Å². The van der Waals surface area contributed by atoms with E-state index in [0.717, 1.165) is 19.6 Å². The minimum atomic E-state index is -3.48. The molecule has 0 radical (unpaired) electrons. The molecule has 0 N–H and O–H groups in total. The second kappa shape index (κ2) is 6.05. The standard InChI is InChI=1S/C13H17ClN2O2S/c1-2-7-15-8-10-16(11-9-15)19(17,18)13-6-4-3-5-12(13)14/h2-6H,1,7-11H2. The molecule has 0 spiro atoms. The molecule has 0 atom stereocenters. The Kier molecular flexibility index (Phi) is 4.62. The molecule has 0 aliphatic carbocycles. The normalized spacial score (nSPS) is 18.4.